The van der Waals surface area contributed by atoms with Gasteiger partial charge in [-0.2, -0.15) is 0 Å². The Balaban J connectivity index is 2.17. The van der Waals surface area contributed by atoms with Crippen LogP contribution in [-0.4, -0.2) is 19.4 Å². The molecule has 1 aromatic rings. The fraction of sp³-hybridized carbons (Fsp3) is 0.533. The number of aldehydes is 1. The van der Waals surface area contributed by atoms with Crippen molar-refractivity contribution in [3.05, 3.63) is 28.0 Å². The largest absolute Gasteiger partial charge is 0.369 e. The van der Waals surface area contributed by atoms with Crippen molar-refractivity contribution in [1.82, 2.24) is 0 Å². The van der Waals surface area contributed by atoms with Crippen LogP contribution in [0.2, 0.25) is 0 Å². The van der Waals surface area contributed by atoms with E-state index < -0.39 is 0 Å². The average molecular weight is 328 g/mol. The van der Waals surface area contributed by atoms with Gasteiger partial charge in [0.25, 0.3) is 0 Å². The maximum absolute atomic E-state index is 14.2. The first-order valence-electron chi connectivity index (χ1n) is 6.82. The van der Waals surface area contributed by atoms with E-state index in [1.807, 2.05) is 13.0 Å². The lowest BCUT2D eigenvalue weighted by atomic mass is 9.93. The molecule has 0 aromatic heterocycles. The van der Waals surface area contributed by atoms with Gasteiger partial charge in [0.15, 0.2) is 0 Å². The van der Waals surface area contributed by atoms with Crippen LogP contribution in [0.25, 0.3) is 0 Å². The monoisotopic (exact) mass is 327 g/mol. The summed E-state index contributed by atoms with van der Waals surface area (Å²) in [6, 6.07) is 3.53. The summed E-state index contributed by atoms with van der Waals surface area (Å²) in [7, 11) is 0. The zero-order valence-corrected chi connectivity index (χ0v) is 12.7. The second-order valence-corrected chi connectivity index (χ2v) is 6.00. The topological polar surface area (TPSA) is 20.3 Å². The molecule has 1 aromatic carbocycles. The lowest BCUT2D eigenvalue weighted by Crippen LogP contribution is -2.35. The molecule has 1 saturated heterocycles. The Kier molecular flexibility index (Phi) is 4.97. The Morgan fingerprint density at radius 3 is 2.68 bits per heavy atom. The third-order valence-corrected chi connectivity index (χ3v) is 4.31. The molecular weight excluding hydrogens is 309 g/mol. The van der Waals surface area contributed by atoms with Crippen LogP contribution >= 0.6 is 15.9 Å². The highest BCUT2D eigenvalue weighted by Crippen LogP contribution is 2.32. The van der Waals surface area contributed by atoms with Gasteiger partial charge in [-0.15, -0.1) is 0 Å². The van der Waals surface area contributed by atoms with E-state index in [9.17, 15) is 9.18 Å². The molecule has 1 aliphatic heterocycles. The second kappa shape index (κ2) is 6.51. The van der Waals surface area contributed by atoms with E-state index in [1.165, 1.54) is 6.07 Å². The number of rotatable bonds is 4. The highest BCUT2D eigenvalue weighted by molar-refractivity contribution is 9.10. The number of piperidine rings is 1. The normalized spacial score (nSPS) is 16.7. The maximum Gasteiger partial charge on any atom is 0.147 e. The summed E-state index contributed by atoms with van der Waals surface area (Å²) in [5.41, 5.74) is 1.79. The van der Waals surface area contributed by atoms with Crippen molar-refractivity contribution < 1.29 is 9.18 Å². The quantitative estimate of drug-likeness (QED) is 0.780. The van der Waals surface area contributed by atoms with Crippen LogP contribution in [0.5, 0.6) is 0 Å². The fourth-order valence-electron chi connectivity index (χ4n) is 2.77. The number of hydrogen-bond donors (Lipinski definition) is 0. The van der Waals surface area contributed by atoms with E-state index in [-0.39, 0.29) is 5.82 Å². The standard InChI is InChI=1S/C15H19BrFNO/c1-2-12-9-13(16)10-14(17)15(12)18-6-3-11(4-7-18)5-8-19/h8-11H,2-7H2,1H3. The van der Waals surface area contributed by atoms with Gasteiger partial charge in [-0.05, 0) is 42.9 Å². The minimum Gasteiger partial charge on any atom is -0.369 e. The van der Waals surface area contributed by atoms with E-state index in [0.717, 1.165) is 54.4 Å². The van der Waals surface area contributed by atoms with Gasteiger partial charge < -0.3 is 9.69 Å². The molecule has 0 aliphatic carbocycles. The first-order valence-corrected chi connectivity index (χ1v) is 7.61. The second-order valence-electron chi connectivity index (χ2n) is 5.08. The smallest absolute Gasteiger partial charge is 0.147 e. The fourth-order valence-corrected chi connectivity index (χ4v) is 3.25. The van der Waals surface area contributed by atoms with Gasteiger partial charge in [0.2, 0.25) is 0 Å². The van der Waals surface area contributed by atoms with Crippen molar-refractivity contribution >= 4 is 27.9 Å². The van der Waals surface area contributed by atoms with Crippen molar-refractivity contribution in [3.8, 4) is 0 Å². The number of benzene rings is 1. The Bertz CT molecular complexity index is 456. The number of aryl methyl sites for hydroxylation is 1. The zero-order chi connectivity index (χ0) is 13.8. The van der Waals surface area contributed by atoms with Crippen LogP contribution in [0.4, 0.5) is 10.1 Å². The third kappa shape index (κ3) is 3.35. The molecule has 4 heteroatoms. The van der Waals surface area contributed by atoms with Gasteiger partial charge in [-0.25, -0.2) is 4.39 Å². The SMILES string of the molecule is CCc1cc(Br)cc(F)c1N1CCC(CC=O)CC1. The Hall–Kier alpha value is -0.900. The molecule has 0 N–H and O–H groups in total. The van der Waals surface area contributed by atoms with Crippen LogP contribution in [0.1, 0.15) is 31.7 Å². The minimum absolute atomic E-state index is 0.153. The average Bonchev–Trinajstić information content (AvgIpc) is 2.39. The van der Waals surface area contributed by atoms with E-state index in [0.29, 0.717) is 12.3 Å². The van der Waals surface area contributed by atoms with Gasteiger partial charge in [0.05, 0.1) is 5.69 Å². The molecule has 0 radical (unpaired) electrons. The maximum atomic E-state index is 14.2. The summed E-state index contributed by atoms with van der Waals surface area (Å²) < 4.78 is 15.0. The summed E-state index contributed by atoms with van der Waals surface area (Å²) in [5.74, 6) is 0.317. The molecule has 2 rings (SSSR count). The lowest BCUT2D eigenvalue weighted by molar-refractivity contribution is -0.108. The molecule has 0 unspecified atom stereocenters. The van der Waals surface area contributed by atoms with Gasteiger partial charge in [0, 0.05) is 24.0 Å². The molecule has 0 saturated carbocycles. The molecule has 0 amide bonds. The van der Waals surface area contributed by atoms with E-state index in [2.05, 4.69) is 20.8 Å². The molecule has 0 atom stereocenters. The highest BCUT2D eigenvalue weighted by Gasteiger charge is 2.23. The zero-order valence-electron chi connectivity index (χ0n) is 11.2. The van der Waals surface area contributed by atoms with Crippen molar-refractivity contribution in [2.75, 3.05) is 18.0 Å². The summed E-state index contributed by atoms with van der Waals surface area (Å²) in [6.07, 6.45) is 4.39. The Labute approximate surface area is 122 Å². The summed E-state index contributed by atoms with van der Waals surface area (Å²) in [6.45, 7) is 3.72. The molecule has 0 spiro atoms. The summed E-state index contributed by atoms with van der Waals surface area (Å²) in [4.78, 5) is 12.7. The van der Waals surface area contributed by atoms with Gasteiger partial charge in [-0.1, -0.05) is 22.9 Å². The predicted molar refractivity (Wildman–Crippen MR) is 79.1 cm³/mol. The first-order chi connectivity index (χ1) is 9.15. The van der Waals surface area contributed by atoms with E-state index in [4.69, 9.17) is 0 Å². The summed E-state index contributed by atoms with van der Waals surface area (Å²) in [5, 5.41) is 0. The van der Waals surface area contributed by atoms with Crippen molar-refractivity contribution in [3.63, 3.8) is 0 Å². The van der Waals surface area contributed by atoms with Crippen molar-refractivity contribution in [2.24, 2.45) is 5.92 Å². The molecule has 104 valence electrons. The molecule has 1 aliphatic rings. The Morgan fingerprint density at radius 2 is 2.11 bits per heavy atom. The van der Waals surface area contributed by atoms with Crippen LogP contribution in [0.15, 0.2) is 16.6 Å². The van der Waals surface area contributed by atoms with Gasteiger partial charge in [0.1, 0.15) is 12.1 Å². The molecule has 19 heavy (non-hydrogen) atoms. The van der Waals surface area contributed by atoms with Gasteiger partial charge in [-0.3, -0.25) is 0 Å². The Morgan fingerprint density at radius 1 is 1.42 bits per heavy atom. The first kappa shape index (κ1) is 14.5. The number of hydrogen-bond acceptors (Lipinski definition) is 2. The van der Waals surface area contributed by atoms with Gasteiger partial charge >= 0.3 is 0 Å². The van der Waals surface area contributed by atoms with Crippen LogP contribution in [-0.2, 0) is 11.2 Å². The summed E-state index contributed by atoms with van der Waals surface area (Å²) >= 11 is 3.34. The van der Waals surface area contributed by atoms with Crippen LogP contribution in [0.3, 0.4) is 0 Å². The van der Waals surface area contributed by atoms with Crippen molar-refractivity contribution in [2.45, 2.75) is 32.6 Å². The molecule has 0 bridgehead atoms. The van der Waals surface area contributed by atoms with E-state index in [1.54, 1.807) is 0 Å². The number of carbonyl (C=O) groups is 1. The van der Waals surface area contributed by atoms with Crippen LogP contribution < -0.4 is 4.90 Å². The molecule has 2 nitrogen and oxygen atoms in total. The predicted octanol–water partition coefficient (Wildman–Crippen LogP) is 3.96. The molecule has 1 fully saturated rings. The number of carbonyl (C=O) groups excluding carboxylic acids is 1. The molecular formula is C15H19BrFNO. The number of halogens is 2. The lowest BCUT2D eigenvalue weighted by Gasteiger charge is -2.34. The van der Waals surface area contributed by atoms with E-state index >= 15 is 0 Å². The molecule has 1 heterocycles. The highest BCUT2D eigenvalue weighted by atomic mass is 79.9. The van der Waals surface area contributed by atoms with Crippen LogP contribution in [0, 0.1) is 11.7 Å². The van der Waals surface area contributed by atoms with Crippen molar-refractivity contribution in [1.29, 1.82) is 0 Å². The third-order valence-electron chi connectivity index (χ3n) is 3.85. The minimum atomic E-state index is -0.153. The number of nitrogens with zero attached hydrogens (tertiary/aromatic N) is 1. The number of anilines is 1.